The fourth-order valence-corrected chi connectivity index (χ4v) is 4.17. The molecule has 1 saturated heterocycles. The highest BCUT2D eigenvalue weighted by molar-refractivity contribution is 6.03. The molecule has 1 aromatic carbocycles. The lowest BCUT2D eigenvalue weighted by Crippen LogP contribution is -2.39. The summed E-state index contributed by atoms with van der Waals surface area (Å²) < 4.78 is 12.5. The highest BCUT2D eigenvalue weighted by Crippen LogP contribution is 2.25. The molecular formula is C28H39N3O4. The van der Waals surface area contributed by atoms with E-state index in [0.717, 1.165) is 40.9 Å². The minimum atomic E-state index is -0.367. The van der Waals surface area contributed by atoms with Crippen LogP contribution in [0, 0.1) is 19.8 Å². The van der Waals surface area contributed by atoms with E-state index < -0.39 is 0 Å². The van der Waals surface area contributed by atoms with Crippen LogP contribution in [0.3, 0.4) is 0 Å². The molecule has 0 amide bonds. The maximum Gasteiger partial charge on any atom is 0.323 e. The topological polar surface area (TPSA) is 81.9 Å². The van der Waals surface area contributed by atoms with E-state index in [2.05, 4.69) is 37.4 Å². The second kappa shape index (κ2) is 12.3. The van der Waals surface area contributed by atoms with Gasteiger partial charge in [0.15, 0.2) is 0 Å². The Morgan fingerprint density at radius 3 is 2.63 bits per heavy atom. The third-order valence-electron chi connectivity index (χ3n) is 6.67. The van der Waals surface area contributed by atoms with E-state index in [1.165, 1.54) is 0 Å². The number of ether oxygens (including phenoxy) is 2. The van der Waals surface area contributed by atoms with Gasteiger partial charge >= 0.3 is 5.97 Å². The molecule has 1 aliphatic rings. The number of nitrogens with one attached hydrogen (secondary N) is 1. The van der Waals surface area contributed by atoms with Gasteiger partial charge in [0.05, 0.1) is 24.6 Å². The van der Waals surface area contributed by atoms with E-state index in [1.54, 1.807) is 11.6 Å². The smallest absolute Gasteiger partial charge is 0.323 e. The Bertz CT molecular complexity index is 1090. The van der Waals surface area contributed by atoms with Crippen molar-refractivity contribution in [2.45, 2.75) is 72.6 Å². The van der Waals surface area contributed by atoms with Crippen molar-refractivity contribution in [1.82, 2.24) is 9.88 Å². The van der Waals surface area contributed by atoms with Crippen LogP contribution in [-0.4, -0.2) is 41.6 Å². The van der Waals surface area contributed by atoms with Crippen LogP contribution >= 0.6 is 0 Å². The zero-order chi connectivity index (χ0) is 25.5. The van der Waals surface area contributed by atoms with Gasteiger partial charge in [0.2, 0.25) is 0 Å². The number of benzene rings is 1. The van der Waals surface area contributed by atoms with Crippen LogP contribution in [0.1, 0.15) is 62.3 Å². The van der Waals surface area contributed by atoms with Crippen LogP contribution in [0.15, 0.2) is 40.2 Å². The van der Waals surface area contributed by atoms with Gasteiger partial charge in [0.25, 0.3) is 5.56 Å². The molecule has 1 fully saturated rings. The fraction of sp³-hybridized carbons (Fsp3) is 0.536. The Labute approximate surface area is 208 Å². The minimum Gasteiger partial charge on any atom is -0.459 e. The van der Waals surface area contributed by atoms with Crippen molar-refractivity contribution in [3.05, 3.63) is 63.1 Å². The lowest BCUT2D eigenvalue weighted by molar-refractivity contribution is -0.151. The van der Waals surface area contributed by atoms with Crippen molar-refractivity contribution in [3.8, 4) is 0 Å². The Kier molecular flexibility index (Phi) is 9.40. The van der Waals surface area contributed by atoms with Crippen molar-refractivity contribution in [2.24, 2.45) is 18.0 Å². The molecule has 190 valence electrons. The van der Waals surface area contributed by atoms with Crippen molar-refractivity contribution in [3.63, 3.8) is 0 Å². The number of hydrogen-bond acceptors (Lipinski definition) is 6. The standard InChI is InChI=1S/C28H39N3O4/c1-7-18(3)26(22-13-20(5)27(32)31(6)16-22)30-25-14-21(10-9-19(25)4)15-29-24(8-2)28(33)35-23-11-12-34-17-23/h9-10,13-14,16,18,23-24,29H,7-8,11-12,15,17H2,1-6H3/t18?,23-,24-/m0/s1. The molecule has 0 spiro atoms. The van der Waals surface area contributed by atoms with Crippen molar-refractivity contribution >= 4 is 17.4 Å². The van der Waals surface area contributed by atoms with Crippen LogP contribution in [-0.2, 0) is 27.9 Å². The number of carbonyl (C=O) groups is 1. The first kappa shape index (κ1) is 26.8. The number of carbonyl (C=O) groups excluding carboxylic acids is 1. The first-order valence-corrected chi connectivity index (χ1v) is 12.6. The molecule has 0 aliphatic carbocycles. The molecule has 2 heterocycles. The van der Waals surface area contributed by atoms with Gasteiger partial charge in [-0.1, -0.05) is 32.9 Å². The summed E-state index contributed by atoms with van der Waals surface area (Å²) in [6.07, 6.45) is 4.07. The number of rotatable bonds is 10. The largest absolute Gasteiger partial charge is 0.459 e. The highest BCUT2D eigenvalue weighted by Gasteiger charge is 2.24. The predicted octanol–water partition coefficient (Wildman–Crippen LogP) is 4.37. The number of pyridine rings is 1. The van der Waals surface area contributed by atoms with Gasteiger partial charge in [-0.3, -0.25) is 14.6 Å². The molecule has 0 radical (unpaired) electrons. The molecule has 1 aliphatic heterocycles. The summed E-state index contributed by atoms with van der Waals surface area (Å²) >= 11 is 0. The van der Waals surface area contributed by atoms with Crippen LogP contribution in [0.25, 0.3) is 0 Å². The maximum atomic E-state index is 12.6. The number of aromatic nitrogens is 1. The van der Waals surface area contributed by atoms with Crippen molar-refractivity contribution in [1.29, 1.82) is 0 Å². The van der Waals surface area contributed by atoms with Gasteiger partial charge in [-0.15, -0.1) is 0 Å². The summed E-state index contributed by atoms with van der Waals surface area (Å²) in [6, 6.07) is 7.76. The first-order chi connectivity index (χ1) is 16.7. The SMILES string of the molecule is CCC(C)C(=Nc1cc(CN[C@@H](CC)C(=O)O[C@H]2CCOC2)ccc1C)c1cc(C)c(=O)n(C)c1. The second-order valence-electron chi connectivity index (χ2n) is 9.52. The van der Waals surface area contributed by atoms with Crippen molar-refractivity contribution < 1.29 is 14.3 Å². The fourth-order valence-electron chi connectivity index (χ4n) is 4.17. The van der Waals surface area contributed by atoms with E-state index in [0.29, 0.717) is 31.7 Å². The number of aliphatic imine (C=N–C) groups is 1. The van der Waals surface area contributed by atoms with Gasteiger partial charge in [0, 0.05) is 37.3 Å². The molecule has 1 N–H and O–H groups in total. The lowest BCUT2D eigenvalue weighted by atomic mass is 9.96. The molecule has 2 aromatic rings. The molecule has 1 unspecified atom stereocenters. The number of aryl methyl sites for hydroxylation is 3. The molecule has 7 heteroatoms. The average molecular weight is 482 g/mol. The second-order valence-corrected chi connectivity index (χ2v) is 9.52. The van der Waals surface area contributed by atoms with E-state index in [9.17, 15) is 9.59 Å². The van der Waals surface area contributed by atoms with Gasteiger partial charge in [-0.25, -0.2) is 0 Å². The summed E-state index contributed by atoms with van der Waals surface area (Å²) in [4.78, 5) is 29.9. The summed E-state index contributed by atoms with van der Waals surface area (Å²) in [7, 11) is 1.78. The van der Waals surface area contributed by atoms with Crippen LogP contribution < -0.4 is 10.9 Å². The number of esters is 1. The molecule has 7 nitrogen and oxygen atoms in total. The molecule has 0 saturated carbocycles. The minimum absolute atomic E-state index is 0.00552. The molecule has 3 rings (SSSR count). The van der Waals surface area contributed by atoms with Crippen molar-refractivity contribution in [2.75, 3.05) is 13.2 Å². The van der Waals surface area contributed by atoms with Crippen LogP contribution in [0.2, 0.25) is 0 Å². The van der Waals surface area contributed by atoms with Crippen LogP contribution in [0.4, 0.5) is 5.69 Å². The zero-order valence-electron chi connectivity index (χ0n) is 21.9. The Morgan fingerprint density at radius 1 is 1.23 bits per heavy atom. The Hall–Kier alpha value is -2.77. The first-order valence-electron chi connectivity index (χ1n) is 12.6. The Morgan fingerprint density at radius 2 is 2.00 bits per heavy atom. The third kappa shape index (κ3) is 6.89. The normalized spacial score (nSPS) is 17.9. The lowest BCUT2D eigenvalue weighted by Gasteiger charge is -2.19. The average Bonchev–Trinajstić information content (AvgIpc) is 3.35. The molecule has 3 atom stereocenters. The monoisotopic (exact) mass is 481 g/mol. The van der Waals surface area contributed by atoms with Gasteiger partial charge in [-0.2, -0.15) is 0 Å². The molecule has 1 aromatic heterocycles. The maximum absolute atomic E-state index is 12.6. The van der Waals surface area contributed by atoms with Gasteiger partial charge < -0.3 is 19.4 Å². The van der Waals surface area contributed by atoms with Crippen LogP contribution in [0.5, 0.6) is 0 Å². The predicted molar refractivity (Wildman–Crippen MR) is 139 cm³/mol. The van der Waals surface area contributed by atoms with E-state index >= 15 is 0 Å². The van der Waals surface area contributed by atoms with E-state index in [1.807, 2.05) is 33.0 Å². The van der Waals surface area contributed by atoms with E-state index in [4.69, 9.17) is 14.5 Å². The summed E-state index contributed by atoms with van der Waals surface area (Å²) in [5.41, 5.74) is 5.65. The van der Waals surface area contributed by atoms with E-state index in [-0.39, 0.29) is 29.6 Å². The number of hydrogen-bond donors (Lipinski definition) is 1. The summed E-state index contributed by atoms with van der Waals surface area (Å²) in [5.74, 6) is 0.00404. The van der Waals surface area contributed by atoms with Gasteiger partial charge in [-0.05, 0) is 55.9 Å². The molecule has 35 heavy (non-hydrogen) atoms. The summed E-state index contributed by atoms with van der Waals surface area (Å²) in [5, 5.41) is 3.34. The number of nitrogens with zero attached hydrogens (tertiary/aromatic N) is 2. The summed E-state index contributed by atoms with van der Waals surface area (Å²) in [6.45, 7) is 11.8. The zero-order valence-corrected chi connectivity index (χ0v) is 21.9. The molecular weight excluding hydrogens is 442 g/mol. The molecule has 0 bridgehead atoms. The third-order valence-corrected chi connectivity index (χ3v) is 6.67. The quantitative estimate of drug-likeness (QED) is 0.403. The van der Waals surface area contributed by atoms with Gasteiger partial charge in [0.1, 0.15) is 12.1 Å². The highest BCUT2D eigenvalue weighted by atomic mass is 16.6. The Balaban J connectivity index is 1.82.